The molecule has 20 heavy (non-hydrogen) atoms. The quantitative estimate of drug-likeness (QED) is 0.761. The molecule has 0 fully saturated rings. The van der Waals surface area contributed by atoms with Crippen molar-refractivity contribution in [2.45, 2.75) is 12.5 Å². The molecular weight excluding hydrogens is 256 g/mol. The highest BCUT2D eigenvalue weighted by Gasteiger charge is 2.17. The molecule has 3 N–H and O–H groups in total. The summed E-state index contributed by atoms with van der Waals surface area (Å²) in [6, 6.07) is 12.1. The third kappa shape index (κ3) is 3.55. The Morgan fingerprint density at radius 2 is 1.95 bits per heavy atom. The Morgan fingerprint density at radius 1 is 1.20 bits per heavy atom. The number of aromatic nitrogens is 1. The average Bonchev–Trinajstić information content (AvgIpc) is 2.48. The summed E-state index contributed by atoms with van der Waals surface area (Å²) in [7, 11) is 0. The molecule has 0 saturated carbocycles. The first-order valence-corrected chi connectivity index (χ1v) is 6.30. The van der Waals surface area contributed by atoms with Crippen molar-refractivity contribution in [1.29, 1.82) is 0 Å². The summed E-state index contributed by atoms with van der Waals surface area (Å²) in [5.74, 6) is -0.681. The third-order valence-electron chi connectivity index (χ3n) is 2.88. The van der Waals surface area contributed by atoms with E-state index in [9.17, 15) is 15.0 Å². The van der Waals surface area contributed by atoms with Crippen LogP contribution < -0.4 is 5.32 Å². The second-order valence-corrected chi connectivity index (χ2v) is 4.41. The molecule has 1 atom stereocenters. The van der Waals surface area contributed by atoms with Crippen LogP contribution in [0.15, 0.2) is 48.7 Å². The van der Waals surface area contributed by atoms with Crippen molar-refractivity contribution in [2.24, 2.45) is 0 Å². The van der Waals surface area contributed by atoms with E-state index in [1.165, 1.54) is 12.3 Å². The fraction of sp³-hybridized carbons (Fsp3) is 0.200. The van der Waals surface area contributed by atoms with E-state index in [0.29, 0.717) is 6.42 Å². The fourth-order valence-corrected chi connectivity index (χ4v) is 1.89. The van der Waals surface area contributed by atoms with Crippen LogP contribution in [0.5, 0.6) is 5.75 Å². The van der Waals surface area contributed by atoms with Crippen LogP contribution in [0.25, 0.3) is 0 Å². The third-order valence-corrected chi connectivity index (χ3v) is 2.88. The molecule has 5 heteroatoms. The summed E-state index contributed by atoms with van der Waals surface area (Å²) >= 11 is 0. The second kappa shape index (κ2) is 6.68. The Balaban J connectivity index is 2.03. The zero-order chi connectivity index (χ0) is 14.4. The zero-order valence-electron chi connectivity index (χ0n) is 10.9. The number of hydrogen-bond donors (Lipinski definition) is 3. The maximum absolute atomic E-state index is 12.0. The molecule has 104 valence electrons. The first-order chi connectivity index (χ1) is 9.70. The van der Waals surface area contributed by atoms with Crippen molar-refractivity contribution in [3.8, 4) is 5.75 Å². The van der Waals surface area contributed by atoms with E-state index >= 15 is 0 Å². The lowest BCUT2D eigenvalue weighted by Gasteiger charge is -2.16. The lowest BCUT2D eigenvalue weighted by Crippen LogP contribution is -2.39. The van der Waals surface area contributed by atoms with Crippen LogP contribution in [0.2, 0.25) is 0 Å². The monoisotopic (exact) mass is 272 g/mol. The minimum Gasteiger partial charge on any atom is -0.505 e. The smallest absolute Gasteiger partial charge is 0.274 e. The number of amides is 1. The number of rotatable bonds is 5. The molecule has 0 bridgehead atoms. The van der Waals surface area contributed by atoms with Crippen molar-refractivity contribution < 1.29 is 15.0 Å². The summed E-state index contributed by atoms with van der Waals surface area (Å²) in [4.78, 5) is 15.8. The standard InChI is InChI=1S/C15H16N2O3/c18-10-12(9-11-5-2-1-3-6-11)17-15(20)14-13(19)7-4-8-16-14/h1-8,12,18-19H,9-10H2,(H,17,20). The first kappa shape index (κ1) is 14.0. The highest BCUT2D eigenvalue weighted by molar-refractivity contribution is 5.94. The lowest BCUT2D eigenvalue weighted by atomic mass is 10.1. The van der Waals surface area contributed by atoms with Crippen molar-refractivity contribution >= 4 is 5.91 Å². The maximum atomic E-state index is 12.0. The van der Waals surface area contributed by atoms with Gasteiger partial charge < -0.3 is 15.5 Å². The number of pyridine rings is 1. The molecule has 2 rings (SSSR count). The molecule has 0 radical (unpaired) electrons. The predicted octanol–water partition coefficient (Wildman–Crippen LogP) is 1.12. The van der Waals surface area contributed by atoms with E-state index in [1.807, 2.05) is 30.3 Å². The number of nitrogens with zero attached hydrogens (tertiary/aromatic N) is 1. The normalized spacial score (nSPS) is 11.8. The number of aliphatic hydroxyl groups excluding tert-OH is 1. The van der Waals surface area contributed by atoms with Crippen LogP contribution in [0.1, 0.15) is 16.1 Å². The molecule has 1 heterocycles. The van der Waals surface area contributed by atoms with Crippen LogP contribution in [-0.2, 0) is 6.42 Å². The van der Waals surface area contributed by atoms with Crippen molar-refractivity contribution in [3.63, 3.8) is 0 Å². The van der Waals surface area contributed by atoms with Crippen LogP contribution in [0.4, 0.5) is 0 Å². The topological polar surface area (TPSA) is 82.5 Å². The van der Waals surface area contributed by atoms with E-state index in [2.05, 4.69) is 10.3 Å². The lowest BCUT2D eigenvalue weighted by molar-refractivity contribution is 0.0908. The molecule has 5 nitrogen and oxygen atoms in total. The van der Waals surface area contributed by atoms with Crippen LogP contribution >= 0.6 is 0 Å². The Bertz CT molecular complexity index is 572. The van der Waals surface area contributed by atoms with Crippen LogP contribution in [0, 0.1) is 0 Å². The number of aliphatic hydroxyl groups is 1. The van der Waals surface area contributed by atoms with Gasteiger partial charge in [-0.1, -0.05) is 30.3 Å². The zero-order valence-corrected chi connectivity index (χ0v) is 10.9. The number of carbonyl (C=O) groups is 1. The number of benzene rings is 1. The number of nitrogens with one attached hydrogen (secondary N) is 1. The van der Waals surface area contributed by atoms with E-state index in [4.69, 9.17) is 0 Å². The van der Waals surface area contributed by atoms with Gasteiger partial charge in [0.05, 0.1) is 12.6 Å². The Labute approximate surface area is 116 Å². The minimum atomic E-state index is -0.502. The van der Waals surface area contributed by atoms with Gasteiger partial charge in [-0.05, 0) is 24.1 Å². The van der Waals surface area contributed by atoms with Crippen molar-refractivity contribution in [3.05, 3.63) is 59.9 Å². The molecule has 2 aromatic rings. The number of aromatic hydroxyl groups is 1. The Kier molecular flexibility index (Phi) is 4.68. The molecule has 1 aromatic carbocycles. The highest BCUT2D eigenvalue weighted by Crippen LogP contribution is 2.12. The highest BCUT2D eigenvalue weighted by atomic mass is 16.3. The van der Waals surface area contributed by atoms with Crippen molar-refractivity contribution in [2.75, 3.05) is 6.61 Å². The van der Waals surface area contributed by atoms with Gasteiger partial charge in [-0.15, -0.1) is 0 Å². The summed E-state index contributed by atoms with van der Waals surface area (Å²) in [6.07, 6.45) is 1.94. The van der Waals surface area contributed by atoms with Gasteiger partial charge in [0.15, 0.2) is 5.69 Å². The summed E-state index contributed by atoms with van der Waals surface area (Å²) < 4.78 is 0. The summed E-state index contributed by atoms with van der Waals surface area (Å²) in [6.45, 7) is -0.186. The van der Waals surface area contributed by atoms with Gasteiger partial charge in [-0.2, -0.15) is 0 Å². The predicted molar refractivity (Wildman–Crippen MR) is 74.4 cm³/mol. The van der Waals surface area contributed by atoms with Gasteiger partial charge in [0.25, 0.3) is 5.91 Å². The van der Waals surface area contributed by atoms with E-state index in [0.717, 1.165) is 5.56 Å². The van der Waals surface area contributed by atoms with E-state index in [-0.39, 0.29) is 18.1 Å². The molecule has 0 aliphatic carbocycles. The van der Waals surface area contributed by atoms with Gasteiger partial charge in [-0.25, -0.2) is 4.98 Å². The fourth-order valence-electron chi connectivity index (χ4n) is 1.89. The minimum absolute atomic E-state index is 0.0426. The number of hydrogen-bond acceptors (Lipinski definition) is 4. The molecule has 0 aliphatic heterocycles. The number of carbonyl (C=O) groups excluding carboxylic acids is 1. The molecule has 1 unspecified atom stereocenters. The van der Waals surface area contributed by atoms with Gasteiger partial charge >= 0.3 is 0 Å². The average molecular weight is 272 g/mol. The summed E-state index contributed by atoms with van der Waals surface area (Å²) in [5, 5.41) is 21.6. The van der Waals surface area contributed by atoms with Crippen molar-refractivity contribution in [1.82, 2.24) is 10.3 Å². The largest absolute Gasteiger partial charge is 0.505 e. The summed E-state index contributed by atoms with van der Waals surface area (Å²) in [5.41, 5.74) is 0.969. The molecule has 1 aromatic heterocycles. The van der Waals surface area contributed by atoms with E-state index < -0.39 is 11.9 Å². The molecule has 0 saturated heterocycles. The second-order valence-electron chi connectivity index (χ2n) is 4.41. The van der Waals surface area contributed by atoms with Crippen LogP contribution in [-0.4, -0.2) is 33.8 Å². The van der Waals surface area contributed by atoms with Gasteiger partial charge in [0.1, 0.15) is 5.75 Å². The maximum Gasteiger partial charge on any atom is 0.274 e. The SMILES string of the molecule is O=C(NC(CO)Cc1ccccc1)c1ncccc1O. The van der Waals surface area contributed by atoms with Gasteiger partial charge in [0.2, 0.25) is 0 Å². The Morgan fingerprint density at radius 3 is 2.60 bits per heavy atom. The van der Waals surface area contributed by atoms with Gasteiger partial charge in [-0.3, -0.25) is 4.79 Å². The van der Waals surface area contributed by atoms with Crippen LogP contribution in [0.3, 0.4) is 0 Å². The molecule has 1 amide bonds. The molecule has 0 aliphatic rings. The van der Waals surface area contributed by atoms with E-state index in [1.54, 1.807) is 6.07 Å². The Hall–Kier alpha value is -2.40. The molecule has 0 spiro atoms. The first-order valence-electron chi connectivity index (χ1n) is 6.30. The molecular formula is C15H16N2O3. The van der Waals surface area contributed by atoms with Gasteiger partial charge in [0, 0.05) is 6.20 Å².